The first-order valence-electron chi connectivity index (χ1n) is 8.88. The van der Waals surface area contributed by atoms with Crippen molar-refractivity contribution in [2.75, 3.05) is 11.4 Å². The Morgan fingerprint density at radius 3 is 2.25 bits per heavy atom. The van der Waals surface area contributed by atoms with Crippen LogP contribution >= 0.6 is 0 Å². The van der Waals surface area contributed by atoms with E-state index in [1.807, 2.05) is 37.3 Å². The van der Waals surface area contributed by atoms with E-state index < -0.39 is 10.0 Å². The highest BCUT2D eigenvalue weighted by atomic mass is 32.2. The predicted molar refractivity (Wildman–Crippen MR) is 108 cm³/mol. The largest absolute Gasteiger partial charge is 0.309 e. The number of sulfonamides is 1. The van der Waals surface area contributed by atoms with Crippen LogP contribution in [0.5, 0.6) is 0 Å². The topological polar surface area (TPSA) is 79.4 Å². The lowest BCUT2D eigenvalue weighted by atomic mass is 10.2. The second-order valence-electron chi connectivity index (χ2n) is 6.05. The Hall–Kier alpha value is -3.03. The van der Waals surface area contributed by atoms with Gasteiger partial charge in [-0.3, -0.25) is 9.78 Å². The van der Waals surface area contributed by atoms with Gasteiger partial charge in [-0.15, -0.1) is 0 Å². The van der Waals surface area contributed by atoms with Crippen LogP contribution in [-0.4, -0.2) is 25.9 Å². The van der Waals surface area contributed by atoms with Gasteiger partial charge in [0.15, 0.2) is 0 Å². The van der Waals surface area contributed by atoms with Crippen LogP contribution in [0, 0.1) is 0 Å². The normalized spacial score (nSPS) is 11.2. The summed E-state index contributed by atoms with van der Waals surface area (Å²) in [5.41, 5.74) is 1.84. The number of amides is 1. The number of benzene rings is 2. The highest BCUT2D eigenvalue weighted by molar-refractivity contribution is 7.89. The Morgan fingerprint density at radius 1 is 0.964 bits per heavy atom. The predicted octanol–water partition coefficient (Wildman–Crippen LogP) is 3.23. The van der Waals surface area contributed by atoms with Gasteiger partial charge < -0.3 is 4.90 Å². The van der Waals surface area contributed by atoms with Gasteiger partial charge in [0.25, 0.3) is 5.91 Å². The fourth-order valence-electron chi connectivity index (χ4n) is 2.74. The summed E-state index contributed by atoms with van der Waals surface area (Å²) in [7, 11) is -3.69. The molecule has 144 valence electrons. The lowest BCUT2D eigenvalue weighted by Gasteiger charge is -2.21. The van der Waals surface area contributed by atoms with Crippen molar-refractivity contribution in [3.05, 3.63) is 90.3 Å². The zero-order valence-electron chi connectivity index (χ0n) is 15.4. The molecule has 0 bridgehead atoms. The van der Waals surface area contributed by atoms with E-state index in [1.165, 1.54) is 24.3 Å². The van der Waals surface area contributed by atoms with Gasteiger partial charge >= 0.3 is 0 Å². The molecule has 1 heterocycles. The molecule has 0 saturated heterocycles. The Balaban J connectivity index is 1.74. The third-order valence-electron chi connectivity index (χ3n) is 4.21. The minimum absolute atomic E-state index is 0.0987. The molecule has 0 saturated carbocycles. The van der Waals surface area contributed by atoms with Crippen molar-refractivity contribution in [3.8, 4) is 0 Å². The van der Waals surface area contributed by atoms with Gasteiger partial charge in [-0.05, 0) is 55.5 Å². The lowest BCUT2D eigenvalue weighted by Crippen LogP contribution is -2.30. The number of aromatic nitrogens is 1. The van der Waals surface area contributed by atoms with Crippen LogP contribution < -0.4 is 9.62 Å². The number of rotatable bonds is 7. The van der Waals surface area contributed by atoms with Crippen molar-refractivity contribution < 1.29 is 13.2 Å². The highest BCUT2D eigenvalue weighted by Crippen LogP contribution is 2.18. The molecule has 3 aromatic rings. The molecule has 1 N–H and O–H groups in total. The minimum Gasteiger partial charge on any atom is -0.309 e. The van der Waals surface area contributed by atoms with E-state index in [4.69, 9.17) is 0 Å². The number of carbonyl (C=O) groups is 1. The molecule has 0 aliphatic rings. The molecule has 6 nitrogen and oxygen atoms in total. The molecule has 0 atom stereocenters. The van der Waals surface area contributed by atoms with Crippen LogP contribution in [0.15, 0.2) is 83.9 Å². The van der Waals surface area contributed by atoms with Gasteiger partial charge in [-0.2, -0.15) is 0 Å². The van der Waals surface area contributed by atoms with E-state index in [1.54, 1.807) is 29.3 Å². The molecule has 0 fully saturated rings. The molecule has 1 aromatic heterocycles. The molecule has 1 amide bonds. The highest BCUT2D eigenvalue weighted by Gasteiger charge is 2.18. The molecule has 3 rings (SSSR count). The summed E-state index contributed by atoms with van der Waals surface area (Å²) < 4.78 is 27.4. The Labute approximate surface area is 164 Å². The molecule has 2 aromatic carbocycles. The number of carbonyl (C=O) groups excluding carboxylic acids is 1. The van der Waals surface area contributed by atoms with E-state index >= 15 is 0 Å². The first-order valence-corrected chi connectivity index (χ1v) is 10.4. The van der Waals surface area contributed by atoms with Crippen molar-refractivity contribution in [2.45, 2.75) is 18.4 Å². The number of pyridine rings is 1. The summed E-state index contributed by atoms with van der Waals surface area (Å²) in [6, 6.07) is 20.6. The molecule has 0 aliphatic carbocycles. The third kappa shape index (κ3) is 4.62. The summed E-state index contributed by atoms with van der Waals surface area (Å²) in [4.78, 5) is 18.6. The Morgan fingerprint density at radius 2 is 1.64 bits per heavy atom. The van der Waals surface area contributed by atoms with Crippen molar-refractivity contribution in [3.63, 3.8) is 0 Å². The Kier molecular flexibility index (Phi) is 6.18. The number of anilines is 1. The number of para-hydroxylation sites is 1. The van der Waals surface area contributed by atoms with Gasteiger partial charge in [0, 0.05) is 24.0 Å². The zero-order valence-corrected chi connectivity index (χ0v) is 16.3. The SMILES string of the molecule is CCN(C(=O)c1ccc(S(=O)(=O)NCc2ccccn2)cc1)c1ccccc1. The summed E-state index contributed by atoms with van der Waals surface area (Å²) in [6.45, 7) is 2.50. The van der Waals surface area contributed by atoms with Crippen LogP contribution in [0.3, 0.4) is 0 Å². The van der Waals surface area contributed by atoms with Crippen molar-refractivity contribution in [1.29, 1.82) is 0 Å². The molecule has 7 heteroatoms. The Bertz CT molecular complexity index is 1020. The maximum absolute atomic E-state index is 12.8. The summed E-state index contributed by atoms with van der Waals surface area (Å²) in [6.07, 6.45) is 1.61. The fourth-order valence-corrected chi connectivity index (χ4v) is 3.74. The van der Waals surface area contributed by atoms with Crippen LogP contribution in [0.4, 0.5) is 5.69 Å². The first-order chi connectivity index (χ1) is 13.5. The van der Waals surface area contributed by atoms with Crippen molar-refractivity contribution in [2.24, 2.45) is 0 Å². The monoisotopic (exact) mass is 395 g/mol. The van der Waals surface area contributed by atoms with Crippen LogP contribution in [-0.2, 0) is 16.6 Å². The molecule has 0 radical (unpaired) electrons. The van der Waals surface area contributed by atoms with Gasteiger partial charge in [0.2, 0.25) is 10.0 Å². The van der Waals surface area contributed by atoms with E-state index in [9.17, 15) is 13.2 Å². The molecular weight excluding hydrogens is 374 g/mol. The van der Waals surface area contributed by atoms with E-state index in [-0.39, 0.29) is 17.3 Å². The van der Waals surface area contributed by atoms with E-state index in [0.29, 0.717) is 17.8 Å². The summed E-state index contributed by atoms with van der Waals surface area (Å²) in [5, 5.41) is 0. The molecule has 0 unspecified atom stereocenters. The van der Waals surface area contributed by atoms with E-state index in [2.05, 4.69) is 9.71 Å². The second kappa shape index (κ2) is 8.77. The maximum atomic E-state index is 12.8. The fraction of sp³-hybridized carbons (Fsp3) is 0.143. The quantitative estimate of drug-likeness (QED) is 0.666. The van der Waals surface area contributed by atoms with E-state index in [0.717, 1.165) is 5.69 Å². The summed E-state index contributed by atoms with van der Waals surface area (Å²) in [5.74, 6) is -0.181. The molecule has 0 spiro atoms. The number of hydrogen-bond donors (Lipinski definition) is 1. The van der Waals surface area contributed by atoms with Gasteiger partial charge in [-0.25, -0.2) is 13.1 Å². The second-order valence-corrected chi connectivity index (χ2v) is 7.82. The molecule has 0 aliphatic heterocycles. The van der Waals surface area contributed by atoms with Crippen LogP contribution in [0.2, 0.25) is 0 Å². The lowest BCUT2D eigenvalue weighted by molar-refractivity contribution is 0.0988. The average Bonchev–Trinajstić information content (AvgIpc) is 2.74. The standard InChI is InChI=1S/C21H21N3O3S/c1-2-24(19-9-4-3-5-10-19)21(25)17-11-13-20(14-12-17)28(26,27)23-16-18-8-6-7-15-22-18/h3-15,23H,2,16H2,1H3. The number of nitrogens with one attached hydrogen (secondary N) is 1. The maximum Gasteiger partial charge on any atom is 0.258 e. The van der Waals surface area contributed by atoms with Gasteiger partial charge in [-0.1, -0.05) is 24.3 Å². The van der Waals surface area contributed by atoms with Crippen LogP contribution in [0.25, 0.3) is 0 Å². The molecular formula is C21H21N3O3S. The van der Waals surface area contributed by atoms with Crippen molar-refractivity contribution >= 4 is 21.6 Å². The van der Waals surface area contributed by atoms with Crippen LogP contribution in [0.1, 0.15) is 23.0 Å². The third-order valence-corrected chi connectivity index (χ3v) is 5.63. The first kappa shape index (κ1) is 19.7. The number of nitrogens with zero attached hydrogens (tertiary/aromatic N) is 2. The zero-order chi connectivity index (χ0) is 20.0. The summed E-state index contributed by atoms with van der Waals surface area (Å²) >= 11 is 0. The minimum atomic E-state index is -3.69. The van der Waals surface area contributed by atoms with Gasteiger partial charge in [0.05, 0.1) is 17.1 Å². The molecule has 28 heavy (non-hydrogen) atoms. The van der Waals surface area contributed by atoms with Gasteiger partial charge in [0.1, 0.15) is 0 Å². The number of hydrogen-bond acceptors (Lipinski definition) is 4. The van der Waals surface area contributed by atoms with Crippen molar-refractivity contribution in [1.82, 2.24) is 9.71 Å². The smallest absolute Gasteiger partial charge is 0.258 e. The average molecular weight is 395 g/mol.